The molecule has 0 atom stereocenters. The van der Waals surface area contributed by atoms with Gasteiger partial charge in [0.15, 0.2) is 0 Å². The third-order valence-corrected chi connectivity index (χ3v) is 3.87. The summed E-state index contributed by atoms with van der Waals surface area (Å²) in [5.74, 6) is -1.86. The molecule has 0 aromatic heterocycles. The molecule has 0 aliphatic carbocycles. The molecule has 0 unspecified atom stereocenters. The van der Waals surface area contributed by atoms with Gasteiger partial charge in [0.25, 0.3) is 11.6 Å². The number of esters is 2. The molecule has 0 fully saturated rings. The van der Waals surface area contributed by atoms with Crippen molar-refractivity contribution in [3.63, 3.8) is 0 Å². The van der Waals surface area contributed by atoms with E-state index >= 15 is 0 Å². The molecule has 152 valence electrons. The highest BCUT2D eigenvalue weighted by atomic mass is 16.6. The fourth-order valence-corrected chi connectivity index (χ4v) is 2.57. The third-order valence-electron chi connectivity index (χ3n) is 3.87. The van der Waals surface area contributed by atoms with Crippen molar-refractivity contribution in [2.24, 2.45) is 0 Å². The zero-order valence-electron chi connectivity index (χ0n) is 16.2. The number of benzene rings is 2. The molecule has 0 heterocycles. The van der Waals surface area contributed by atoms with Crippen LogP contribution in [0.1, 0.15) is 50.5 Å². The number of anilines is 1. The first-order chi connectivity index (χ1) is 13.8. The molecule has 2 aromatic rings. The standard InChI is InChI=1S/C20H20N2O7/c1-4-28-19(24)14-9-15(20(25)29-5-2)11-16(10-14)21-18(23)13-6-7-17(22(26)27)12(3)8-13/h6-11H,4-5H2,1-3H3,(H,21,23). The Bertz CT molecular complexity index is 933. The van der Waals surface area contributed by atoms with E-state index in [1.54, 1.807) is 13.8 Å². The van der Waals surface area contributed by atoms with Crippen LogP contribution in [0.4, 0.5) is 11.4 Å². The summed E-state index contributed by atoms with van der Waals surface area (Å²) in [5.41, 5.74) is 0.748. The summed E-state index contributed by atoms with van der Waals surface area (Å²) in [6.07, 6.45) is 0. The second kappa shape index (κ2) is 9.45. The predicted molar refractivity (Wildman–Crippen MR) is 104 cm³/mol. The van der Waals surface area contributed by atoms with Gasteiger partial charge in [0.2, 0.25) is 0 Å². The number of hydrogen-bond acceptors (Lipinski definition) is 7. The molecule has 2 aromatic carbocycles. The first kappa shape index (κ1) is 21.5. The number of ether oxygens (including phenoxy) is 2. The van der Waals surface area contributed by atoms with Crippen LogP contribution < -0.4 is 5.32 Å². The minimum Gasteiger partial charge on any atom is -0.462 e. The second-order valence-corrected chi connectivity index (χ2v) is 5.95. The molecule has 1 N–H and O–H groups in total. The number of aryl methyl sites for hydroxylation is 1. The molecule has 0 aliphatic heterocycles. The maximum absolute atomic E-state index is 12.5. The van der Waals surface area contributed by atoms with Crippen molar-refractivity contribution in [2.75, 3.05) is 18.5 Å². The highest BCUT2D eigenvalue weighted by molar-refractivity contribution is 6.06. The Labute approximate surface area is 166 Å². The number of nitro benzene ring substituents is 1. The number of hydrogen-bond donors (Lipinski definition) is 1. The van der Waals surface area contributed by atoms with Gasteiger partial charge in [-0.3, -0.25) is 14.9 Å². The zero-order chi connectivity index (χ0) is 21.6. The number of nitrogens with one attached hydrogen (secondary N) is 1. The number of carbonyl (C=O) groups is 3. The Morgan fingerprint density at radius 1 is 0.931 bits per heavy atom. The molecule has 2 rings (SSSR count). The Kier molecular flexibility index (Phi) is 7.02. The molecule has 9 heteroatoms. The number of nitro groups is 1. The Morgan fingerprint density at radius 3 is 1.93 bits per heavy atom. The van der Waals surface area contributed by atoms with Gasteiger partial charge in [-0.25, -0.2) is 9.59 Å². The van der Waals surface area contributed by atoms with Gasteiger partial charge in [-0.2, -0.15) is 0 Å². The van der Waals surface area contributed by atoms with Crippen LogP contribution in [0.25, 0.3) is 0 Å². The summed E-state index contributed by atoms with van der Waals surface area (Å²) in [5, 5.41) is 13.5. The lowest BCUT2D eigenvalue weighted by Gasteiger charge is -2.11. The van der Waals surface area contributed by atoms with E-state index in [-0.39, 0.29) is 41.3 Å². The lowest BCUT2D eigenvalue weighted by Crippen LogP contribution is -2.15. The third kappa shape index (κ3) is 5.38. The van der Waals surface area contributed by atoms with Gasteiger partial charge in [-0.05, 0) is 51.1 Å². The van der Waals surface area contributed by atoms with Gasteiger partial charge >= 0.3 is 11.9 Å². The molecule has 0 aliphatic rings. The Morgan fingerprint density at radius 2 is 1.48 bits per heavy atom. The molecule has 0 radical (unpaired) electrons. The minimum absolute atomic E-state index is 0.0765. The second-order valence-electron chi connectivity index (χ2n) is 5.95. The predicted octanol–water partition coefficient (Wildman–Crippen LogP) is 3.51. The first-order valence-electron chi connectivity index (χ1n) is 8.82. The van der Waals surface area contributed by atoms with Crippen molar-refractivity contribution in [3.8, 4) is 0 Å². The molecular weight excluding hydrogens is 380 g/mol. The maximum atomic E-state index is 12.5. The summed E-state index contributed by atoms with van der Waals surface area (Å²) in [6, 6.07) is 8.01. The maximum Gasteiger partial charge on any atom is 0.338 e. The Hall–Kier alpha value is -3.75. The van der Waals surface area contributed by atoms with Crippen LogP contribution >= 0.6 is 0 Å². The van der Waals surface area contributed by atoms with E-state index < -0.39 is 22.8 Å². The molecule has 1 amide bonds. The highest BCUT2D eigenvalue weighted by Crippen LogP contribution is 2.21. The van der Waals surface area contributed by atoms with Gasteiger partial charge < -0.3 is 14.8 Å². The van der Waals surface area contributed by atoms with Crippen molar-refractivity contribution in [3.05, 3.63) is 68.8 Å². The number of nitrogens with zero attached hydrogens (tertiary/aromatic N) is 1. The normalized spacial score (nSPS) is 10.2. The smallest absolute Gasteiger partial charge is 0.338 e. The summed E-state index contributed by atoms with van der Waals surface area (Å²) >= 11 is 0. The average Bonchev–Trinajstić information content (AvgIpc) is 2.67. The summed E-state index contributed by atoms with van der Waals surface area (Å²) in [6.45, 7) is 5.10. The topological polar surface area (TPSA) is 125 Å². The molecule has 0 spiro atoms. The van der Waals surface area contributed by atoms with Crippen molar-refractivity contribution < 1.29 is 28.8 Å². The SMILES string of the molecule is CCOC(=O)c1cc(NC(=O)c2ccc([N+](=O)[O-])c(C)c2)cc(C(=O)OCC)c1. The van der Waals surface area contributed by atoms with Crippen molar-refractivity contribution in [1.82, 2.24) is 0 Å². The van der Waals surface area contributed by atoms with Crippen molar-refractivity contribution in [2.45, 2.75) is 20.8 Å². The molecular formula is C20H20N2O7. The largest absolute Gasteiger partial charge is 0.462 e. The molecule has 0 saturated carbocycles. The minimum atomic E-state index is -0.652. The van der Waals surface area contributed by atoms with E-state index in [2.05, 4.69) is 5.32 Å². The molecule has 0 saturated heterocycles. The van der Waals surface area contributed by atoms with Crippen molar-refractivity contribution in [1.29, 1.82) is 0 Å². The zero-order valence-corrected chi connectivity index (χ0v) is 16.2. The van der Waals surface area contributed by atoms with E-state index in [4.69, 9.17) is 9.47 Å². The summed E-state index contributed by atoms with van der Waals surface area (Å²) < 4.78 is 9.90. The molecule has 0 bridgehead atoms. The van der Waals surface area contributed by atoms with Crippen molar-refractivity contribution >= 4 is 29.2 Å². The fourth-order valence-electron chi connectivity index (χ4n) is 2.57. The quantitative estimate of drug-likeness (QED) is 0.428. The van der Waals surface area contributed by atoms with E-state index in [0.717, 1.165) is 0 Å². The lowest BCUT2D eigenvalue weighted by molar-refractivity contribution is -0.385. The Balaban J connectivity index is 2.36. The van der Waals surface area contributed by atoms with E-state index in [0.29, 0.717) is 5.56 Å². The number of carbonyl (C=O) groups excluding carboxylic acids is 3. The average molecular weight is 400 g/mol. The first-order valence-corrected chi connectivity index (χ1v) is 8.82. The van der Waals surface area contributed by atoms with Crippen LogP contribution in [-0.4, -0.2) is 36.0 Å². The highest BCUT2D eigenvalue weighted by Gasteiger charge is 2.18. The summed E-state index contributed by atoms with van der Waals surface area (Å²) in [4.78, 5) is 47.1. The van der Waals surface area contributed by atoms with Crippen LogP contribution in [0.15, 0.2) is 36.4 Å². The van der Waals surface area contributed by atoms with E-state index in [1.807, 2.05) is 0 Å². The van der Waals surface area contributed by atoms with Crippen LogP contribution in [0.3, 0.4) is 0 Å². The van der Waals surface area contributed by atoms with Gasteiger partial charge in [0, 0.05) is 22.9 Å². The van der Waals surface area contributed by atoms with E-state index in [1.165, 1.54) is 43.3 Å². The lowest BCUT2D eigenvalue weighted by atomic mass is 10.1. The fraction of sp³-hybridized carbons (Fsp3) is 0.250. The summed E-state index contributed by atoms with van der Waals surface area (Å²) in [7, 11) is 0. The van der Waals surface area contributed by atoms with E-state index in [9.17, 15) is 24.5 Å². The number of amides is 1. The van der Waals surface area contributed by atoms with Crippen LogP contribution in [0.5, 0.6) is 0 Å². The van der Waals surface area contributed by atoms with Gasteiger partial charge in [0.1, 0.15) is 0 Å². The van der Waals surface area contributed by atoms with Crippen LogP contribution in [-0.2, 0) is 9.47 Å². The van der Waals surface area contributed by atoms with Gasteiger partial charge in [-0.15, -0.1) is 0 Å². The molecule has 29 heavy (non-hydrogen) atoms. The van der Waals surface area contributed by atoms with Gasteiger partial charge in [-0.1, -0.05) is 0 Å². The number of rotatable bonds is 7. The van der Waals surface area contributed by atoms with Crippen LogP contribution in [0, 0.1) is 17.0 Å². The molecule has 9 nitrogen and oxygen atoms in total. The van der Waals surface area contributed by atoms with Gasteiger partial charge in [0.05, 0.1) is 29.3 Å². The van der Waals surface area contributed by atoms with Crippen LogP contribution in [0.2, 0.25) is 0 Å². The monoisotopic (exact) mass is 400 g/mol.